The summed E-state index contributed by atoms with van der Waals surface area (Å²) in [5, 5.41) is 7.75. The Hall–Kier alpha value is -1.92. The molecule has 104 valence electrons. The van der Waals surface area contributed by atoms with Gasteiger partial charge in [0.25, 0.3) is 5.56 Å². The van der Waals surface area contributed by atoms with Crippen molar-refractivity contribution in [3.63, 3.8) is 0 Å². The molecule has 0 spiro atoms. The molecule has 0 saturated heterocycles. The molecule has 0 bridgehead atoms. The van der Waals surface area contributed by atoms with Crippen LogP contribution >= 0.6 is 23.2 Å². The van der Waals surface area contributed by atoms with Crippen molar-refractivity contribution in [2.75, 3.05) is 5.43 Å². The highest BCUT2D eigenvalue weighted by molar-refractivity contribution is 6.33. The Morgan fingerprint density at radius 3 is 2.90 bits per heavy atom. The lowest BCUT2D eigenvalue weighted by Gasteiger charge is -2.04. The van der Waals surface area contributed by atoms with Gasteiger partial charge in [0.1, 0.15) is 16.5 Å². The normalized spacial score (nSPS) is 11.0. The Morgan fingerprint density at radius 2 is 2.20 bits per heavy atom. The van der Waals surface area contributed by atoms with Crippen LogP contribution in [0.5, 0.6) is 0 Å². The molecule has 0 aliphatic heterocycles. The van der Waals surface area contributed by atoms with Gasteiger partial charge in [-0.1, -0.05) is 29.3 Å². The van der Waals surface area contributed by atoms with Crippen molar-refractivity contribution in [2.45, 2.75) is 0 Å². The van der Waals surface area contributed by atoms with Gasteiger partial charge in [-0.25, -0.2) is 9.07 Å². The van der Waals surface area contributed by atoms with E-state index in [-0.39, 0.29) is 21.3 Å². The molecule has 0 aliphatic rings. The van der Waals surface area contributed by atoms with Gasteiger partial charge in [0.2, 0.25) is 0 Å². The molecule has 1 N–H and O–H groups in total. The summed E-state index contributed by atoms with van der Waals surface area (Å²) < 4.78 is 14.6. The molecule has 0 aliphatic carbocycles. The van der Waals surface area contributed by atoms with Gasteiger partial charge in [0, 0.05) is 12.6 Å². The predicted octanol–water partition coefficient (Wildman–Crippen LogP) is 2.67. The fraction of sp³-hybridized carbons (Fsp3) is 0.0833. The van der Waals surface area contributed by atoms with E-state index in [4.69, 9.17) is 23.2 Å². The molecule has 0 unspecified atom stereocenters. The van der Waals surface area contributed by atoms with Gasteiger partial charge in [-0.3, -0.25) is 10.2 Å². The fourth-order valence-corrected chi connectivity index (χ4v) is 1.81. The van der Waals surface area contributed by atoms with E-state index in [2.05, 4.69) is 15.6 Å². The summed E-state index contributed by atoms with van der Waals surface area (Å²) in [7, 11) is 1.47. The molecule has 1 aromatic heterocycles. The third-order valence-electron chi connectivity index (χ3n) is 2.46. The Kier molecular flexibility index (Phi) is 4.36. The van der Waals surface area contributed by atoms with Crippen LogP contribution in [-0.2, 0) is 7.05 Å². The highest BCUT2D eigenvalue weighted by atomic mass is 35.5. The number of aryl methyl sites for hydroxylation is 1. The molecule has 8 heteroatoms. The first-order valence-electron chi connectivity index (χ1n) is 5.45. The minimum atomic E-state index is -0.503. The van der Waals surface area contributed by atoms with E-state index in [1.807, 2.05) is 0 Å². The van der Waals surface area contributed by atoms with E-state index in [1.54, 1.807) is 6.07 Å². The van der Waals surface area contributed by atoms with Gasteiger partial charge in [-0.15, -0.1) is 0 Å². The molecule has 1 aromatic carbocycles. The first kappa shape index (κ1) is 14.5. The molecular weight excluding hydrogens is 306 g/mol. The summed E-state index contributed by atoms with van der Waals surface area (Å²) in [6, 6.07) is 4.29. The standard InChI is InChI=1S/C12H9Cl2FN4O/c1-19-12(20)11(14)10(6-17-19)18-16-5-7-8(13)3-2-4-9(7)15/h2-6,18H,1H3/b16-5-. The predicted molar refractivity (Wildman–Crippen MR) is 77.1 cm³/mol. The van der Waals surface area contributed by atoms with Crippen molar-refractivity contribution in [3.05, 3.63) is 56.2 Å². The molecule has 2 aromatic rings. The van der Waals surface area contributed by atoms with Crippen LogP contribution < -0.4 is 11.0 Å². The summed E-state index contributed by atoms with van der Waals surface area (Å²) in [5.74, 6) is -0.503. The number of aromatic nitrogens is 2. The smallest absolute Gasteiger partial charge is 0.275 e. The highest BCUT2D eigenvalue weighted by Gasteiger charge is 2.07. The zero-order valence-corrected chi connectivity index (χ0v) is 11.8. The third kappa shape index (κ3) is 2.97. The molecule has 0 amide bonds. The summed E-state index contributed by atoms with van der Waals surface area (Å²) >= 11 is 11.7. The topological polar surface area (TPSA) is 59.3 Å². The summed E-state index contributed by atoms with van der Waals surface area (Å²) in [5.41, 5.74) is 2.41. The quantitative estimate of drug-likeness (QED) is 0.700. The number of nitrogens with zero attached hydrogens (tertiary/aromatic N) is 3. The Morgan fingerprint density at radius 1 is 1.45 bits per heavy atom. The lowest BCUT2D eigenvalue weighted by Crippen LogP contribution is -2.20. The van der Waals surface area contributed by atoms with Gasteiger partial charge >= 0.3 is 0 Å². The largest absolute Gasteiger partial charge is 0.287 e. The van der Waals surface area contributed by atoms with Crippen LogP contribution in [0, 0.1) is 5.82 Å². The molecule has 1 heterocycles. The van der Waals surface area contributed by atoms with Crippen LogP contribution in [0.25, 0.3) is 0 Å². The Bertz CT molecular complexity index is 710. The zero-order chi connectivity index (χ0) is 14.7. The number of anilines is 1. The SMILES string of the molecule is Cn1ncc(N/N=C\c2c(F)cccc2Cl)c(Cl)c1=O. The minimum Gasteiger partial charge on any atom is -0.275 e. The van der Waals surface area contributed by atoms with Crippen LogP contribution in [0.4, 0.5) is 10.1 Å². The van der Waals surface area contributed by atoms with Crippen molar-refractivity contribution >= 4 is 35.1 Å². The number of benzene rings is 1. The Balaban J connectivity index is 2.23. The van der Waals surface area contributed by atoms with Crippen molar-refractivity contribution in [3.8, 4) is 0 Å². The van der Waals surface area contributed by atoms with E-state index >= 15 is 0 Å². The minimum absolute atomic E-state index is 0.0562. The molecule has 0 fully saturated rings. The second-order valence-electron chi connectivity index (χ2n) is 3.81. The third-order valence-corrected chi connectivity index (χ3v) is 3.15. The van der Waals surface area contributed by atoms with E-state index in [0.717, 1.165) is 4.68 Å². The van der Waals surface area contributed by atoms with Gasteiger partial charge in [0.05, 0.1) is 17.4 Å². The zero-order valence-electron chi connectivity index (χ0n) is 10.3. The fourth-order valence-electron chi connectivity index (χ4n) is 1.39. The average molecular weight is 315 g/mol. The lowest BCUT2D eigenvalue weighted by atomic mass is 10.2. The van der Waals surface area contributed by atoms with E-state index in [0.29, 0.717) is 0 Å². The number of hydrogen-bond donors (Lipinski definition) is 1. The van der Waals surface area contributed by atoms with Crippen LogP contribution in [-0.4, -0.2) is 16.0 Å². The van der Waals surface area contributed by atoms with E-state index < -0.39 is 11.4 Å². The lowest BCUT2D eigenvalue weighted by molar-refractivity contribution is 0.626. The molecule has 20 heavy (non-hydrogen) atoms. The molecule has 5 nitrogen and oxygen atoms in total. The van der Waals surface area contributed by atoms with E-state index in [1.165, 1.54) is 31.6 Å². The molecule has 0 saturated carbocycles. The maximum absolute atomic E-state index is 13.5. The highest BCUT2D eigenvalue weighted by Crippen LogP contribution is 2.18. The first-order chi connectivity index (χ1) is 9.50. The number of hydrazone groups is 1. The summed E-state index contributed by atoms with van der Waals surface area (Å²) in [4.78, 5) is 11.5. The first-order valence-corrected chi connectivity index (χ1v) is 6.21. The number of rotatable bonds is 3. The Labute approximate surface area is 123 Å². The number of nitrogens with one attached hydrogen (secondary N) is 1. The van der Waals surface area contributed by atoms with Crippen LogP contribution in [0.1, 0.15) is 5.56 Å². The van der Waals surface area contributed by atoms with Crippen LogP contribution in [0.2, 0.25) is 10.0 Å². The van der Waals surface area contributed by atoms with Gasteiger partial charge < -0.3 is 0 Å². The van der Waals surface area contributed by atoms with Crippen molar-refractivity contribution in [1.29, 1.82) is 0 Å². The number of halogens is 3. The van der Waals surface area contributed by atoms with Crippen LogP contribution in [0.15, 0.2) is 34.3 Å². The molecule has 0 atom stereocenters. The number of hydrogen-bond acceptors (Lipinski definition) is 4. The maximum atomic E-state index is 13.5. The van der Waals surface area contributed by atoms with Crippen molar-refractivity contribution in [1.82, 2.24) is 9.78 Å². The second kappa shape index (κ2) is 6.02. The monoisotopic (exact) mass is 314 g/mol. The van der Waals surface area contributed by atoms with Crippen molar-refractivity contribution < 1.29 is 4.39 Å². The van der Waals surface area contributed by atoms with Gasteiger partial charge in [-0.2, -0.15) is 10.2 Å². The van der Waals surface area contributed by atoms with E-state index in [9.17, 15) is 9.18 Å². The summed E-state index contributed by atoms with van der Waals surface area (Å²) in [6.45, 7) is 0. The molecule has 0 radical (unpaired) electrons. The maximum Gasteiger partial charge on any atom is 0.287 e. The summed E-state index contributed by atoms with van der Waals surface area (Å²) in [6.07, 6.45) is 2.54. The average Bonchev–Trinajstić information content (AvgIpc) is 2.42. The molecule has 2 rings (SSSR count). The van der Waals surface area contributed by atoms with Crippen LogP contribution in [0.3, 0.4) is 0 Å². The van der Waals surface area contributed by atoms with Gasteiger partial charge in [0.15, 0.2) is 0 Å². The van der Waals surface area contributed by atoms with Crippen molar-refractivity contribution in [2.24, 2.45) is 12.1 Å². The van der Waals surface area contributed by atoms with Gasteiger partial charge in [-0.05, 0) is 12.1 Å². The second-order valence-corrected chi connectivity index (χ2v) is 4.59. The molecular formula is C12H9Cl2FN4O.